The van der Waals surface area contributed by atoms with Gasteiger partial charge in [-0.25, -0.2) is 4.79 Å². The van der Waals surface area contributed by atoms with Crippen molar-refractivity contribution in [2.45, 2.75) is 0 Å². The zero-order valence-electron chi connectivity index (χ0n) is 9.14. The summed E-state index contributed by atoms with van der Waals surface area (Å²) in [4.78, 5) is 25.8. The Bertz CT molecular complexity index is 581. The van der Waals surface area contributed by atoms with Crippen molar-refractivity contribution in [1.82, 2.24) is 4.98 Å². The Morgan fingerprint density at radius 2 is 2.24 bits per heavy atom. The van der Waals surface area contributed by atoms with Crippen LogP contribution in [0.3, 0.4) is 0 Å². The third kappa shape index (κ3) is 2.23. The highest BCUT2D eigenvalue weighted by atomic mass is 16.5. The summed E-state index contributed by atoms with van der Waals surface area (Å²) in [6.45, 7) is 0. The smallest absolute Gasteiger partial charge is 0.339 e. The van der Waals surface area contributed by atoms with E-state index in [2.05, 4.69) is 15.0 Å². The van der Waals surface area contributed by atoms with Gasteiger partial charge in [0, 0.05) is 17.3 Å². The van der Waals surface area contributed by atoms with E-state index >= 15 is 0 Å². The van der Waals surface area contributed by atoms with Gasteiger partial charge in [0.05, 0.1) is 18.2 Å². The molecule has 0 radical (unpaired) electrons. The van der Waals surface area contributed by atoms with Gasteiger partial charge in [0.2, 0.25) is 6.41 Å². The van der Waals surface area contributed by atoms with Crippen molar-refractivity contribution < 1.29 is 14.3 Å². The minimum absolute atomic E-state index is 0.378. The number of hydrogen-bond acceptors (Lipinski definition) is 4. The number of fused-ring (bicyclic) bond motifs is 1. The normalized spacial score (nSPS) is 9.94. The van der Waals surface area contributed by atoms with Gasteiger partial charge in [-0.05, 0) is 24.3 Å². The molecule has 0 saturated heterocycles. The Morgan fingerprint density at radius 3 is 2.94 bits per heavy atom. The summed E-state index contributed by atoms with van der Waals surface area (Å²) in [6, 6.07) is 6.91. The second kappa shape index (κ2) is 4.61. The monoisotopic (exact) mass is 230 g/mol. The molecule has 0 aliphatic heterocycles. The SMILES string of the molecule is COC(=O)c1cnc2ccc(NC=O)cc2c1. The quantitative estimate of drug-likeness (QED) is 0.642. The lowest BCUT2D eigenvalue weighted by Crippen LogP contribution is -2.01. The summed E-state index contributed by atoms with van der Waals surface area (Å²) < 4.78 is 4.61. The fourth-order valence-corrected chi connectivity index (χ4v) is 1.52. The highest BCUT2D eigenvalue weighted by molar-refractivity contribution is 5.94. The van der Waals surface area contributed by atoms with E-state index in [1.54, 1.807) is 24.3 Å². The van der Waals surface area contributed by atoms with E-state index in [4.69, 9.17) is 0 Å². The molecule has 1 heterocycles. The van der Waals surface area contributed by atoms with Gasteiger partial charge >= 0.3 is 5.97 Å². The predicted octanol–water partition coefficient (Wildman–Crippen LogP) is 1.59. The molecule has 0 aliphatic rings. The first-order valence-electron chi connectivity index (χ1n) is 4.93. The molecule has 86 valence electrons. The number of aromatic nitrogens is 1. The lowest BCUT2D eigenvalue weighted by Gasteiger charge is -2.03. The molecule has 1 aromatic carbocycles. The summed E-state index contributed by atoms with van der Waals surface area (Å²) in [5.41, 5.74) is 1.77. The number of methoxy groups -OCH3 is 1. The number of amides is 1. The van der Waals surface area contributed by atoms with Crippen LogP contribution >= 0.6 is 0 Å². The summed E-state index contributed by atoms with van der Waals surface area (Å²) in [5.74, 6) is -0.437. The van der Waals surface area contributed by atoms with Crippen LogP contribution in [0, 0.1) is 0 Å². The molecular formula is C12H10N2O3. The van der Waals surface area contributed by atoms with Gasteiger partial charge in [0.25, 0.3) is 0 Å². The number of carbonyl (C=O) groups is 2. The van der Waals surface area contributed by atoms with Crippen molar-refractivity contribution >= 4 is 29.0 Å². The molecule has 0 bridgehead atoms. The molecule has 2 aromatic rings. The number of hydrogen-bond donors (Lipinski definition) is 1. The number of ether oxygens (including phenoxy) is 1. The van der Waals surface area contributed by atoms with Gasteiger partial charge in [0.15, 0.2) is 0 Å². The molecule has 0 fully saturated rings. The standard InChI is InChI=1S/C12H10N2O3/c1-17-12(16)9-4-8-5-10(14-7-15)2-3-11(8)13-6-9/h2-7H,1H3,(H,14,15). The average molecular weight is 230 g/mol. The first-order chi connectivity index (χ1) is 8.24. The van der Waals surface area contributed by atoms with Crippen molar-refractivity contribution in [3.63, 3.8) is 0 Å². The van der Waals surface area contributed by atoms with Crippen molar-refractivity contribution in [1.29, 1.82) is 0 Å². The van der Waals surface area contributed by atoms with Crippen LogP contribution in [0.2, 0.25) is 0 Å². The van der Waals surface area contributed by atoms with Crippen LogP contribution in [-0.4, -0.2) is 24.5 Å². The van der Waals surface area contributed by atoms with Gasteiger partial charge < -0.3 is 10.1 Å². The average Bonchev–Trinajstić information content (AvgIpc) is 2.37. The Hall–Kier alpha value is -2.43. The number of carbonyl (C=O) groups excluding carboxylic acids is 2. The van der Waals surface area contributed by atoms with Gasteiger partial charge in [0.1, 0.15) is 0 Å². The molecule has 0 aliphatic carbocycles. The maximum Gasteiger partial charge on any atom is 0.339 e. The largest absolute Gasteiger partial charge is 0.465 e. The summed E-state index contributed by atoms with van der Waals surface area (Å²) in [6.07, 6.45) is 2.06. The zero-order valence-corrected chi connectivity index (χ0v) is 9.14. The number of benzene rings is 1. The molecule has 2 rings (SSSR count). The number of rotatable bonds is 3. The van der Waals surface area contributed by atoms with Gasteiger partial charge in [-0.1, -0.05) is 0 Å². The van der Waals surface area contributed by atoms with E-state index in [1.807, 2.05) is 0 Å². The van der Waals surface area contributed by atoms with Gasteiger partial charge in [-0.3, -0.25) is 9.78 Å². The van der Waals surface area contributed by atoms with Crippen molar-refractivity contribution in [2.75, 3.05) is 12.4 Å². The molecule has 0 atom stereocenters. The molecule has 1 amide bonds. The van der Waals surface area contributed by atoms with Crippen LogP contribution in [0.15, 0.2) is 30.5 Å². The first kappa shape index (κ1) is 11.1. The van der Waals surface area contributed by atoms with E-state index in [0.29, 0.717) is 17.7 Å². The van der Waals surface area contributed by atoms with Crippen molar-refractivity contribution in [3.8, 4) is 0 Å². The molecule has 0 spiro atoms. The predicted molar refractivity (Wildman–Crippen MR) is 62.8 cm³/mol. The van der Waals surface area contributed by atoms with E-state index in [0.717, 1.165) is 10.9 Å². The van der Waals surface area contributed by atoms with Crippen LogP contribution in [0.5, 0.6) is 0 Å². The number of esters is 1. The van der Waals surface area contributed by atoms with Crippen molar-refractivity contribution in [3.05, 3.63) is 36.0 Å². The molecular weight excluding hydrogens is 220 g/mol. The number of anilines is 1. The number of nitrogens with one attached hydrogen (secondary N) is 1. The first-order valence-corrected chi connectivity index (χ1v) is 4.93. The fourth-order valence-electron chi connectivity index (χ4n) is 1.52. The molecule has 17 heavy (non-hydrogen) atoms. The molecule has 5 nitrogen and oxygen atoms in total. The van der Waals surface area contributed by atoms with E-state index in [-0.39, 0.29) is 0 Å². The minimum Gasteiger partial charge on any atom is -0.465 e. The maximum absolute atomic E-state index is 11.3. The van der Waals surface area contributed by atoms with E-state index < -0.39 is 5.97 Å². The van der Waals surface area contributed by atoms with Crippen LogP contribution in [0.1, 0.15) is 10.4 Å². The van der Waals surface area contributed by atoms with Crippen molar-refractivity contribution in [2.24, 2.45) is 0 Å². The maximum atomic E-state index is 11.3. The Balaban J connectivity index is 2.50. The molecule has 0 unspecified atom stereocenters. The van der Waals surface area contributed by atoms with E-state index in [1.165, 1.54) is 13.3 Å². The Morgan fingerprint density at radius 1 is 1.41 bits per heavy atom. The molecule has 5 heteroatoms. The number of pyridine rings is 1. The summed E-state index contributed by atoms with van der Waals surface area (Å²) in [7, 11) is 1.32. The molecule has 0 saturated carbocycles. The van der Waals surface area contributed by atoms with Crippen LogP contribution in [0.25, 0.3) is 10.9 Å². The van der Waals surface area contributed by atoms with Gasteiger partial charge in [-0.15, -0.1) is 0 Å². The zero-order chi connectivity index (χ0) is 12.3. The minimum atomic E-state index is -0.437. The number of nitrogens with zero attached hydrogens (tertiary/aromatic N) is 1. The third-order valence-corrected chi connectivity index (χ3v) is 2.33. The van der Waals surface area contributed by atoms with Crippen LogP contribution in [-0.2, 0) is 9.53 Å². The Labute approximate surface area is 97.4 Å². The van der Waals surface area contributed by atoms with E-state index in [9.17, 15) is 9.59 Å². The highest BCUT2D eigenvalue weighted by Crippen LogP contribution is 2.18. The lowest BCUT2D eigenvalue weighted by atomic mass is 10.1. The summed E-state index contributed by atoms with van der Waals surface area (Å²) in [5, 5.41) is 3.30. The topological polar surface area (TPSA) is 68.3 Å². The fraction of sp³-hybridized carbons (Fsp3) is 0.0833. The second-order valence-electron chi connectivity index (χ2n) is 3.39. The second-order valence-corrected chi connectivity index (χ2v) is 3.39. The summed E-state index contributed by atoms with van der Waals surface area (Å²) >= 11 is 0. The molecule has 1 N–H and O–H groups in total. The molecule has 1 aromatic heterocycles. The van der Waals surface area contributed by atoms with Crippen LogP contribution in [0.4, 0.5) is 5.69 Å². The van der Waals surface area contributed by atoms with Crippen LogP contribution < -0.4 is 5.32 Å². The highest BCUT2D eigenvalue weighted by Gasteiger charge is 2.07. The van der Waals surface area contributed by atoms with Gasteiger partial charge in [-0.2, -0.15) is 0 Å². The lowest BCUT2D eigenvalue weighted by molar-refractivity contribution is -0.105. The Kier molecular flexibility index (Phi) is 3.00. The third-order valence-electron chi connectivity index (χ3n) is 2.33.